The van der Waals surface area contributed by atoms with E-state index in [4.69, 9.17) is 4.74 Å². The summed E-state index contributed by atoms with van der Waals surface area (Å²) in [7, 11) is 1.80. The number of pyridine rings is 1. The fourth-order valence-electron chi connectivity index (χ4n) is 1.89. The molecule has 2 heterocycles. The van der Waals surface area contributed by atoms with Crippen LogP contribution < -0.4 is 5.69 Å². The molecule has 0 aromatic carbocycles. The summed E-state index contributed by atoms with van der Waals surface area (Å²) in [6.07, 6.45) is 1.68. The third-order valence-electron chi connectivity index (χ3n) is 2.89. The molecule has 2 aromatic rings. The summed E-state index contributed by atoms with van der Waals surface area (Å²) in [5.41, 5.74) is 0.440. The van der Waals surface area contributed by atoms with Crippen LogP contribution in [0.25, 0.3) is 5.65 Å². The van der Waals surface area contributed by atoms with Gasteiger partial charge in [0, 0.05) is 12.7 Å². The Morgan fingerprint density at radius 2 is 2.25 bits per heavy atom. The van der Waals surface area contributed by atoms with Gasteiger partial charge in [-0.2, -0.15) is 0 Å². The van der Waals surface area contributed by atoms with Crippen molar-refractivity contribution in [2.75, 3.05) is 26.7 Å². The average molecular weight is 278 g/mol. The third-order valence-corrected chi connectivity index (χ3v) is 2.89. The van der Waals surface area contributed by atoms with Gasteiger partial charge in [-0.15, -0.1) is 5.10 Å². The van der Waals surface area contributed by atoms with Crippen LogP contribution in [0.2, 0.25) is 0 Å². The predicted molar refractivity (Wildman–Crippen MR) is 73.6 cm³/mol. The van der Waals surface area contributed by atoms with Gasteiger partial charge in [-0.3, -0.25) is 14.1 Å². The van der Waals surface area contributed by atoms with Crippen molar-refractivity contribution in [2.45, 2.75) is 13.5 Å². The molecular weight excluding hydrogens is 260 g/mol. The lowest BCUT2D eigenvalue weighted by Crippen LogP contribution is -2.33. The molecular formula is C13H18N4O3. The van der Waals surface area contributed by atoms with Crippen LogP contribution in [-0.2, 0) is 16.1 Å². The smallest absolute Gasteiger partial charge is 0.350 e. The molecule has 2 aromatic heterocycles. The number of ether oxygens (including phenoxy) is 1. The summed E-state index contributed by atoms with van der Waals surface area (Å²) in [4.78, 5) is 25.1. The van der Waals surface area contributed by atoms with Gasteiger partial charge in [-0.05, 0) is 26.1 Å². The minimum absolute atomic E-state index is 0.176. The average Bonchev–Trinajstić information content (AvgIpc) is 2.74. The number of aromatic nitrogens is 3. The second-order valence-corrected chi connectivity index (χ2v) is 4.48. The Bertz CT molecular complexity index is 646. The van der Waals surface area contributed by atoms with E-state index in [0.29, 0.717) is 25.3 Å². The predicted octanol–water partition coefficient (Wildman–Crippen LogP) is -0.00910. The van der Waals surface area contributed by atoms with E-state index < -0.39 is 0 Å². The third kappa shape index (κ3) is 3.24. The quantitative estimate of drug-likeness (QED) is 0.695. The van der Waals surface area contributed by atoms with Crippen LogP contribution >= 0.6 is 0 Å². The van der Waals surface area contributed by atoms with Crippen molar-refractivity contribution in [3.63, 3.8) is 0 Å². The van der Waals surface area contributed by atoms with Crippen molar-refractivity contribution in [3.05, 3.63) is 34.9 Å². The van der Waals surface area contributed by atoms with Gasteiger partial charge >= 0.3 is 11.7 Å². The van der Waals surface area contributed by atoms with E-state index >= 15 is 0 Å². The maximum Gasteiger partial charge on any atom is 0.350 e. The molecule has 0 amide bonds. The first-order valence-corrected chi connectivity index (χ1v) is 6.50. The van der Waals surface area contributed by atoms with E-state index in [0.717, 1.165) is 0 Å². The Morgan fingerprint density at radius 3 is 2.95 bits per heavy atom. The zero-order valence-corrected chi connectivity index (χ0v) is 11.7. The standard InChI is InChI=1S/C13H18N4O3/c1-3-20-12(18)10-15(2)8-9-17-13(19)16-7-5-4-6-11(16)14-17/h4-7H,3,8-10H2,1-2H3. The van der Waals surface area contributed by atoms with Gasteiger partial charge < -0.3 is 4.74 Å². The Hall–Kier alpha value is -2.15. The monoisotopic (exact) mass is 278 g/mol. The van der Waals surface area contributed by atoms with Gasteiger partial charge in [0.25, 0.3) is 0 Å². The highest BCUT2D eigenvalue weighted by molar-refractivity contribution is 5.71. The second kappa shape index (κ2) is 6.33. The summed E-state index contributed by atoms with van der Waals surface area (Å²) < 4.78 is 7.76. The lowest BCUT2D eigenvalue weighted by Gasteiger charge is -2.14. The van der Waals surface area contributed by atoms with Crippen LogP contribution in [0.4, 0.5) is 0 Å². The van der Waals surface area contributed by atoms with Crippen LogP contribution in [0, 0.1) is 0 Å². The molecule has 7 nitrogen and oxygen atoms in total. The zero-order valence-electron chi connectivity index (χ0n) is 11.7. The molecule has 0 aliphatic rings. The van der Waals surface area contributed by atoms with E-state index in [-0.39, 0.29) is 18.2 Å². The SMILES string of the molecule is CCOC(=O)CN(C)CCn1nc2ccccn2c1=O. The number of hydrogen-bond acceptors (Lipinski definition) is 5. The molecule has 20 heavy (non-hydrogen) atoms. The molecule has 0 fully saturated rings. The highest BCUT2D eigenvalue weighted by atomic mass is 16.5. The normalized spacial score (nSPS) is 11.2. The minimum Gasteiger partial charge on any atom is -0.465 e. The number of rotatable bonds is 6. The maximum atomic E-state index is 12.0. The number of carbonyl (C=O) groups is 1. The molecule has 2 rings (SSSR count). The highest BCUT2D eigenvalue weighted by Gasteiger charge is 2.09. The van der Waals surface area contributed by atoms with Gasteiger partial charge in [0.15, 0.2) is 5.65 Å². The van der Waals surface area contributed by atoms with E-state index in [9.17, 15) is 9.59 Å². The molecule has 0 bridgehead atoms. The topological polar surface area (TPSA) is 68.8 Å². The molecule has 0 unspecified atom stereocenters. The first-order chi connectivity index (χ1) is 9.61. The van der Waals surface area contributed by atoms with E-state index in [2.05, 4.69) is 5.10 Å². The van der Waals surface area contributed by atoms with E-state index in [1.54, 1.807) is 37.2 Å². The lowest BCUT2D eigenvalue weighted by atomic mass is 10.5. The number of fused-ring (bicyclic) bond motifs is 1. The molecule has 0 atom stereocenters. The fourth-order valence-corrected chi connectivity index (χ4v) is 1.89. The Morgan fingerprint density at radius 1 is 1.45 bits per heavy atom. The molecule has 7 heteroatoms. The van der Waals surface area contributed by atoms with Gasteiger partial charge in [0.2, 0.25) is 0 Å². The molecule has 0 spiro atoms. The summed E-state index contributed by atoms with van der Waals surface area (Å²) in [5.74, 6) is -0.266. The summed E-state index contributed by atoms with van der Waals surface area (Å²) in [6, 6.07) is 5.40. The second-order valence-electron chi connectivity index (χ2n) is 4.48. The number of hydrogen-bond donors (Lipinski definition) is 0. The van der Waals surface area contributed by atoms with Crippen molar-refractivity contribution in [1.82, 2.24) is 19.1 Å². The first-order valence-electron chi connectivity index (χ1n) is 6.50. The van der Waals surface area contributed by atoms with E-state index in [1.165, 1.54) is 9.08 Å². The number of carbonyl (C=O) groups excluding carboxylic acids is 1. The van der Waals surface area contributed by atoms with Crippen LogP contribution in [0.5, 0.6) is 0 Å². The number of nitrogens with zero attached hydrogens (tertiary/aromatic N) is 4. The Labute approximate surface area is 116 Å². The van der Waals surface area contributed by atoms with E-state index in [1.807, 2.05) is 6.07 Å². The molecule has 108 valence electrons. The minimum atomic E-state index is -0.266. The van der Waals surface area contributed by atoms with Crippen LogP contribution in [-0.4, -0.2) is 51.8 Å². The highest BCUT2D eigenvalue weighted by Crippen LogP contribution is 1.95. The Balaban J connectivity index is 1.97. The van der Waals surface area contributed by atoms with Crippen molar-refractivity contribution in [3.8, 4) is 0 Å². The van der Waals surface area contributed by atoms with Crippen molar-refractivity contribution in [1.29, 1.82) is 0 Å². The fraction of sp³-hybridized carbons (Fsp3) is 0.462. The molecule has 0 N–H and O–H groups in total. The van der Waals surface area contributed by atoms with Gasteiger partial charge in [0.1, 0.15) is 0 Å². The summed E-state index contributed by atoms with van der Waals surface area (Å²) >= 11 is 0. The van der Waals surface area contributed by atoms with Crippen molar-refractivity contribution < 1.29 is 9.53 Å². The van der Waals surface area contributed by atoms with Crippen molar-refractivity contribution >= 4 is 11.6 Å². The van der Waals surface area contributed by atoms with Crippen molar-refractivity contribution in [2.24, 2.45) is 0 Å². The number of esters is 1. The van der Waals surface area contributed by atoms with Crippen LogP contribution in [0.3, 0.4) is 0 Å². The Kier molecular flexibility index (Phi) is 4.52. The first kappa shape index (κ1) is 14.3. The molecule has 0 saturated heterocycles. The number of likely N-dealkylation sites (N-methyl/N-ethyl adjacent to an activating group) is 1. The largest absolute Gasteiger partial charge is 0.465 e. The summed E-state index contributed by atoms with van der Waals surface area (Å²) in [5, 5.41) is 4.22. The van der Waals surface area contributed by atoms with Gasteiger partial charge in [-0.25, -0.2) is 9.48 Å². The molecule has 0 radical (unpaired) electrons. The molecule has 0 aliphatic heterocycles. The summed E-state index contributed by atoms with van der Waals surface area (Å²) in [6.45, 7) is 3.32. The van der Waals surface area contributed by atoms with Crippen LogP contribution in [0.15, 0.2) is 29.2 Å². The molecule has 0 aliphatic carbocycles. The molecule has 0 saturated carbocycles. The maximum absolute atomic E-state index is 12.0. The lowest BCUT2D eigenvalue weighted by molar-refractivity contribution is -0.144. The zero-order chi connectivity index (χ0) is 14.5. The van der Waals surface area contributed by atoms with Crippen LogP contribution in [0.1, 0.15) is 6.92 Å². The van der Waals surface area contributed by atoms with Gasteiger partial charge in [0.05, 0.1) is 19.7 Å². The van der Waals surface area contributed by atoms with Gasteiger partial charge in [-0.1, -0.05) is 6.07 Å².